The van der Waals surface area contributed by atoms with Crippen molar-refractivity contribution in [1.29, 1.82) is 0 Å². The molecule has 0 aromatic heterocycles. The molecule has 0 saturated heterocycles. The fourth-order valence-corrected chi connectivity index (χ4v) is 3.25. The Balaban J connectivity index is 4.07. The summed E-state index contributed by atoms with van der Waals surface area (Å²) >= 11 is 18.7. The molecule has 0 fully saturated rings. The lowest BCUT2D eigenvalue weighted by Crippen LogP contribution is -2.60. The molecule has 0 aliphatic carbocycles. The third-order valence-electron chi connectivity index (χ3n) is 3.46. The second kappa shape index (κ2) is 7.21. The van der Waals surface area contributed by atoms with E-state index in [9.17, 15) is 44.6 Å². The fourth-order valence-electron chi connectivity index (χ4n) is 2.18. The van der Waals surface area contributed by atoms with Crippen LogP contribution in [0.3, 0.4) is 0 Å². The average molecular weight is 536 g/mol. The van der Waals surface area contributed by atoms with Crippen molar-refractivity contribution in [2.45, 2.75) is 41.1 Å². The van der Waals surface area contributed by atoms with E-state index < -0.39 is 61.1 Å². The number of aryl methyl sites for hydroxylation is 1. The van der Waals surface area contributed by atoms with Crippen LogP contribution in [0.25, 0.3) is 0 Å². The van der Waals surface area contributed by atoms with E-state index >= 15 is 0 Å². The van der Waals surface area contributed by atoms with Crippen molar-refractivity contribution in [3.05, 3.63) is 27.2 Å². The van der Waals surface area contributed by atoms with Crippen LogP contribution in [0.1, 0.15) is 16.7 Å². The molecule has 1 nitrogen and oxygen atoms in total. The van der Waals surface area contributed by atoms with Crippen LogP contribution in [0.15, 0.2) is 10.5 Å². The van der Waals surface area contributed by atoms with Gasteiger partial charge in [-0.2, -0.15) is 35.1 Å². The first kappa shape index (κ1) is 24.8. The Hall–Kier alpha value is -0.260. The van der Waals surface area contributed by atoms with E-state index in [2.05, 4.69) is 15.9 Å². The smallest absolute Gasteiger partial charge is 0.457 e. The van der Waals surface area contributed by atoms with Gasteiger partial charge >= 0.3 is 23.9 Å². The molecule has 0 bridgehead atoms. The van der Waals surface area contributed by atoms with Gasteiger partial charge in [-0.05, 0) is 40.0 Å². The number of phenolic OH excluding ortho intramolecular Hbond substituents is 1. The van der Waals surface area contributed by atoms with E-state index in [1.807, 2.05) is 0 Å². The van der Waals surface area contributed by atoms with Gasteiger partial charge in [-0.15, -0.1) is 0 Å². The normalized spacial score (nSPS) is 16.4. The molecule has 0 saturated carbocycles. The molecule has 0 aliphatic heterocycles. The fraction of sp³-hybridized carbons (Fsp3) is 0.538. The molecule has 0 amide bonds. The van der Waals surface area contributed by atoms with E-state index in [-0.39, 0.29) is 6.07 Å². The minimum Gasteiger partial charge on any atom is -0.506 e. The van der Waals surface area contributed by atoms with Crippen LogP contribution in [0.5, 0.6) is 5.75 Å². The van der Waals surface area contributed by atoms with Crippen LogP contribution in [-0.4, -0.2) is 27.2 Å². The quantitative estimate of drug-likeness (QED) is 0.318. The van der Waals surface area contributed by atoms with E-state index in [4.69, 9.17) is 34.8 Å². The highest BCUT2D eigenvalue weighted by Crippen LogP contribution is 2.60. The molecule has 1 N–H and O–H groups in total. The zero-order valence-electron chi connectivity index (χ0n) is 12.6. The third kappa shape index (κ3) is 4.35. The summed E-state index contributed by atoms with van der Waals surface area (Å²) < 4.78 is 117. The Labute approximate surface area is 169 Å². The Morgan fingerprint density at radius 2 is 1.37 bits per heavy atom. The largest absolute Gasteiger partial charge is 0.506 e. The number of phenols is 1. The molecule has 156 valence electrons. The number of benzene rings is 1. The highest BCUT2D eigenvalue weighted by atomic mass is 79.9. The molecule has 1 atom stereocenters. The summed E-state index contributed by atoms with van der Waals surface area (Å²) in [5.74, 6) is -7.76. The number of rotatable bonds is 3. The lowest BCUT2D eigenvalue weighted by atomic mass is 9.83. The maximum Gasteiger partial charge on any atom is 0.457 e. The van der Waals surface area contributed by atoms with Crippen LogP contribution in [0, 0.1) is 6.92 Å². The van der Waals surface area contributed by atoms with E-state index in [1.54, 1.807) is 0 Å². The van der Waals surface area contributed by atoms with Crippen molar-refractivity contribution in [1.82, 2.24) is 0 Å². The van der Waals surface area contributed by atoms with Gasteiger partial charge in [0.2, 0.25) is 0 Å². The second-order valence-electron chi connectivity index (χ2n) is 5.40. The van der Waals surface area contributed by atoms with Crippen LogP contribution in [0.4, 0.5) is 39.5 Å². The van der Waals surface area contributed by atoms with Gasteiger partial charge in [0.25, 0.3) is 0 Å². The van der Waals surface area contributed by atoms with Gasteiger partial charge in [0.15, 0.2) is 3.79 Å². The van der Waals surface area contributed by atoms with Crippen LogP contribution >= 0.6 is 50.7 Å². The van der Waals surface area contributed by atoms with Gasteiger partial charge in [-0.3, -0.25) is 0 Å². The predicted octanol–water partition coefficient (Wildman–Crippen LogP) is 7.30. The first-order valence-corrected chi connectivity index (χ1v) is 8.39. The number of hydrogen-bond donors (Lipinski definition) is 1. The molecule has 0 spiro atoms. The molecule has 0 aliphatic rings. The third-order valence-corrected chi connectivity index (χ3v) is 4.72. The molecule has 14 heteroatoms. The summed E-state index contributed by atoms with van der Waals surface area (Å²) in [7, 11) is 0. The zero-order valence-corrected chi connectivity index (χ0v) is 16.5. The van der Waals surface area contributed by atoms with Gasteiger partial charge in [-0.25, -0.2) is 4.39 Å². The van der Waals surface area contributed by atoms with Gasteiger partial charge in [-0.1, -0.05) is 34.8 Å². The summed E-state index contributed by atoms with van der Waals surface area (Å²) in [6, 6.07) is -0.00102. The molecule has 27 heavy (non-hydrogen) atoms. The maximum absolute atomic E-state index is 14.8. The van der Waals surface area contributed by atoms with E-state index in [1.165, 1.54) is 0 Å². The molecular weight excluding hydrogens is 529 g/mol. The average Bonchev–Trinajstić information content (AvgIpc) is 2.43. The van der Waals surface area contributed by atoms with Crippen molar-refractivity contribution in [2.75, 3.05) is 0 Å². The van der Waals surface area contributed by atoms with Gasteiger partial charge in [0, 0.05) is 12.0 Å². The molecular formula is C13H7BrCl3F9O. The summed E-state index contributed by atoms with van der Waals surface area (Å²) in [4.78, 5) is 0. The van der Waals surface area contributed by atoms with Crippen LogP contribution in [0.2, 0.25) is 0 Å². The maximum atomic E-state index is 14.8. The highest BCUT2D eigenvalue weighted by molar-refractivity contribution is 9.10. The summed E-state index contributed by atoms with van der Waals surface area (Å²) in [6.07, 6.45) is -14.9. The predicted molar refractivity (Wildman–Crippen MR) is 84.4 cm³/mol. The van der Waals surface area contributed by atoms with Gasteiger partial charge in [0.1, 0.15) is 5.75 Å². The topological polar surface area (TPSA) is 20.2 Å². The molecule has 1 rings (SSSR count). The van der Waals surface area contributed by atoms with Crippen molar-refractivity contribution < 1.29 is 44.6 Å². The Bertz CT molecular complexity index is 728. The molecule has 1 aromatic rings. The molecule has 1 aromatic carbocycles. The number of hydrogen-bond acceptors (Lipinski definition) is 1. The lowest BCUT2D eigenvalue weighted by molar-refractivity contribution is -0.389. The SMILES string of the molecule is Cc1cc(C(F)(C(F)(F)F)C(F)(F)C(F)(F)F)c(CC(Cl)(Cl)Cl)c(Br)c1O. The van der Waals surface area contributed by atoms with Gasteiger partial charge in [0.05, 0.1) is 4.47 Å². The van der Waals surface area contributed by atoms with Crippen molar-refractivity contribution in [2.24, 2.45) is 0 Å². The Morgan fingerprint density at radius 3 is 1.70 bits per heavy atom. The summed E-state index contributed by atoms with van der Waals surface area (Å²) in [6.45, 7) is 0.852. The van der Waals surface area contributed by atoms with Gasteiger partial charge < -0.3 is 5.11 Å². The summed E-state index contributed by atoms with van der Waals surface area (Å²) in [5, 5.41) is 9.75. The Morgan fingerprint density at radius 1 is 0.926 bits per heavy atom. The molecule has 0 radical (unpaired) electrons. The first-order chi connectivity index (χ1) is 11.7. The first-order valence-electron chi connectivity index (χ1n) is 6.46. The molecule has 0 heterocycles. The number of alkyl halides is 12. The highest BCUT2D eigenvalue weighted by Gasteiger charge is 2.82. The van der Waals surface area contributed by atoms with Crippen molar-refractivity contribution in [3.8, 4) is 5.75 Å². The van der Waals surface area contributed by atoms with E-state index in [0.29, 0.717) is 0 Å². The number of halogens is 13. The van der Waals surface area contributed by atoms with E-state index in [0.717, 1.165) is 6.92 Å². The van der Waals surface area contributed by atoms with Crippen molar-refractivity contribution >= 4 is 50.7 Å². The lowest BCUT2D eigenvalue weighted by Gasteiger charge is -2.38. The van der Waals surface area contributed by atoms with Crippen molar-refractivity contribution in [3.63, 3.8) is 0 Å². The molecule has 1 unspecified atom stereocenters. The minimum absolute atomic E-state index is 0.00102. The second-order valence-corrected chi connectivity index (χ2v) is 8.71. The Kier molecular flexibility index (Phi) is 6.62. The van der Waals surface area contributed by atoms with Crippen LogP contribution < -0.4 is 0 Å². The number of aromatic hydroxyl groups is 1. The zero-order chi connectivity index (χ0) is 21.8. The summed E-state index contributed by atoms with van der Waals surface area (Å²) in [5.41, 5.74) is -10.2. The standard InChI is InChI=1S/C13H7BrCl3F9O/c1-4-2-6(5(3-9(15,16)17)7(14)8(4)27)10(18,12(21,22)23)11(19,20)13(24,25)26/h2,27H,3H2,1H3. The van der Waals surface area contributed by atoms with Crippen LogP contribution in [-0.2, 0) is 12.1 Å². The minimum atomic E-state index is -6.91. The monoisotopic (exact) mass is 534 g/mol.